The number of carbonyl (C=O) groups excluding carboxylic acids is 1. The van der Waals surface area contributed by atoms with Crippen LogP contribution in [0.1, 0.15) is 15.9 Å². The zero-order valence-corrected chi connectivity index (χ0v) is 10.9. The van der Waals surface area contributed by atoms with E-state index in [4.69, 9.17) is 27.9 Å². The van der Waals surface area contributed by atoms with E-state index >= 15 is 0 Å². The normalized spacial score (nSPS) is 12.3. The Balaban J connectivity index is 1.92. The minimum absolute atomic E-state index is 0.241. The Morgan fingerprint density at radius 3 is 2.89 bits per heavy atom. The van der Waals surface area contributed by atoms with Gasteiger partial charge < -0.3 is 9.72 Å². The van der Waals surface area contributed by atoms with Gasteiger partial charge in [-0.1, -0.05) is 35.3 Å². The fourth-order valence-electron chi connectivity index (χ4n) is 1.48. The van der Waals surface area contributed by atoms with Gasteiger partial charge in [0.05, 0.1) is 6.61 Å². The number of nitrogens with one attached hydrogen (secondary N) is 1. The van der Waals surface area contributed by atoms with Gasteiger partial charge in [-0.3, -0.25) is 4.79 Å². The van der Waals surface area contributed by atoms with E-state index in [1.165, 1.54) is 0 Å². The first-order valence-electron chi connectivity index (χ1n) is 5.34. The lowest BCUT2D eigenvalue weighted by Gasteiger charge is -2.09. The molecule has 0 saturated carbocycles. The fourth-order valence-corrected chi connectivity index (χ4v) is 1.88. The minimum atomic E-state index is -1.00. The summed E-state index contributed by atoms with van der Waals surface area (Å²) in [7, 11) is 0. The van der Waals surface area contributed by atoms with Gasteiger partial charge in [-0.2, -0.15) is 0 Å². The number of Topliss-reactive ketones (excluding diaryl/α,β-unsaturated/α-hetero) is 1. The molecule has 1 N–H and O–H groups in total. The molecule has 0 bridgehead atoms. The molecule has 3 nitrogen and oxygen atoms in total. The molecule has 0 aliphatic rings. The van der Waals surface area contributed by atoms with Crippen LogP contribution in [0, 0.1) is 0 Å². The molecule has 0 fully saturated rings. The SMILES string of the molecule is O=C(c1cc[nH]c1)C(Cl)OCc1cccc(Cl)c1. The molecule has 5 heteroatoms. The van der Waals surface area contributed by atoms with E-state index in [2.05, 4.69) is 4.98 Å². The van der Waals surface area contributed by atoms with Crippen molar-refractivity contribution in [2.75, 3.05) is 0 Å². The number of ether oxygens (including phenoxy) is 1. The highest BCUT2D eigenvalue weighted by Crippen LogP contribution is 2.15. The van der Waals surface area contributed by atoms with E-state index < -0.39 is 5.56 Å². The molecule has 0 aliphatic heterocycles. The molecule has 1 unspecified atom stereocenters. The number of halogens is 2. The number of hydrogen-bond acceptors (Lipinski definition) is 2. The average Bonchev–Trinajstić information content (AvgIpc) is 2.89. The number of carbonyl (C=O) groups is 1. The quantitative estimate of drug-likeness (QED) is 0.673. The summed E-state index contributed by atoms with van der Waals surface area (Å²) in [4.78, 5) is 14.6. The van der Waals surface area contributed by atoms with Gasteiger partial charge in [0.1, 0.15) is 0 Å². The molecule has 1 aromatic heterocycles. The summed E-state index contributed by atoms with van der Waals surface area (Å²) in [6.45, 7) is 0.241. The molecule has 1 aromatic carbocycles. The third kappa shape index (κ3) is 3.35. The molecule has 18 heavy (non-hydrogen) atoms. The lowest BCUT2D eigenvalue weighted by Crippen LogP contribution is -2.17. The van der Waals surface area contributed by atoms with E-state index in [9.17, 15) is 4.79 Å². The highest BCUT2D eigenvalue weighted by Gasteiger charge is 2.18. The van der Waals surface area contributed by atoms with Crippen molar-refractivity contribution in [1.29, 1.82) is 0 Å². The van der Waals surface area contributed by atoms with Crippen molar-refractivity contribution in [3.05, 3.63) is 58.9 Å². The van der Waals surface area contributed by atoms with Crippen molar-refractivity contribution >= 4 is 29.0 Å². The van der Waals surface area contributed by atoms with Crippen LogP contribution >= 0.6 is 23.2 Å². The number of aromatic amines is 1. The Hall–Kier alpha value is -1.29. The van der Waals surface area contributed by atoms with Crippen LogP contribution in [-0.4, -0.2) is 16.3 Å². The van der Waals surface area contributed by atoms with Gasteiger partial charge >= 0.3 is 0 Å². The van der Waals surface area contributed by atoms with Crippen molar-refractivity contribution in [2.24, 2.45) is 0 Å². The second-order valence-electron chi connectivity index (χ2n) is 3.72. The van der Waals surface area contributed by atoms with Gasteiger partial charge in [0, 0.05) is 23.0 Å². The van der Waals surface area contributed by atoms with Gasteiger partial charge in [0.25, 0.3) is 0 Å². The number of alkyl halides is 1. The van der Waals surface area contributed by atoms with Gasteiger partial charge in [0.15, 0.2) is 5.56 Å². The average molecular weight is 284 g/mol. The molecule has 0 radical (unpaired) electrons. The Bertz CT molecular complexity index is 526. The van der Waals surface area contributed by atoms with Crippen molar-refractivity contribution in [3.8, 4) is 0 Å². The summed E-state index contributed by atoms with van der Waals surface area (Å²) in [6, 6.07) is 8.87. The van der Waals surface area contributed by atoms with Gasteiger partial charge in [-0.05, 0) is 23.8 Å². The molecule has 0 spiro atoms. The Morgan fingerprint density at radius 2 is 2.22 bits per heavy atom. The smallest absolute Gasteiger partial charge is 0.208 e. The number of rotatable bonds is 5. The van der Waals surface area contributed by atoms with Gasteiger partial charge in [0.2, 0.25) is 5.78 Å². The lowest BCUT2D eigenvalue weighted by molar-refractivity contribution is 0.0613. The number of ketones is 1. The Labute approximate surface area is 115 Å². The van der Waals surface area contributed by atoms with E-state index in [0.29, 0.717) is 10.6 Å². The summed E-state index contributed by atoms with van der Waals surface area (Å²) in [6.07, 6.45) is 3.24. The number of hydrogen-bond donors (Lipinski definition) is 1. The van der Waals surface area contributed by atoms with E-state index in [1.54, 1.807) is 30.6 Å². The first-order chi connectivity index (χ1) is 8.66. The summed E-state index contributed by atoms with van der Waals surface area (Å²) in [5, 5.41) is 0.624. The molecular formula is C13H11Cl2NO2. The highest BCUT2D eigenvalue weighted by molar-refractivity contribution is 6.32. The first-order valence-corrected chi connectivity index (χ1v) is 6.15. The van der Waals surface area contributed by atoms with Crippen LogP contribution in [0.25, 0.3) is 0 Å². The van der Waals surface area contributed by atoms with Crippen LogP contribution in [0.4, 0.5) is 0 Å². The predicted octanol–water partition coefficient (Wildman–Crippen LogP) is 3.63. The van der Waals surface area contributed by atoms with Crippen LogP contribution in [-0.2, 0) is 11.3 Å². The molecular weight excluding hydrogens is 273 g/mol. The molecule has 0 aliphatic carbocycles. The van der Waals surface area contributed by atoms with Crippen LogP contribution in [0.2, 0.25) is 5.02 Å². The second-order valence-corrected chi connectivity index (χ2v) is 4.55. The number of H-pyrrole nitrogens is 1. The molecule has 2 rings (SSSR count). The van der Waals surface area contributed by atoms with Crippen molar-refractivity contribution in [1.82, 2.24) is 4.98 Å². The third-order valence-electron chi connectivity index (χ3n) is 2.37. The largest absolute Gasteiger partial charge is 0.367 e. The lowest BCUT2D eigenvalue weighted by atomic mass is 10.2. The topological polar surface area (TPSA) is 42.1 Å². The van der Waals surface area contributed by atoms with Crippen LogP contribution in [0.3, 0.4) is 0 Å². The Morgan fingerprint density at radius 1 is 1.39 bits per heavy atom. The van der Waals surface area contributed by atoms with Crippen LogP contribution in [0.15, 0.2) is 42.7 Å². The van der Waals surface area contributed by atoms with Gasteiger partial charge in [-0.15, -0.1) is 0 Å². The molecule has 0 saturated heterocycles. The maximum absolute atomic E-state index is 11.8. The van der Waals surface area contributed by atoms with Crippen LogP contribution in [0.5, 0.6) is 0 Å². The van der Waals surface area contributed by atoms with E-state index in [-0.39, 0.29) is 12.4 Å². The third-order valence-corrected chi connectivity index (χ3v) is 2.93. The summed E-state index contributed by atoms with van der Waals surface area (Å²) in [5.74, 6) is -0.264. The van der Waals surface area contributed by atoms with E-state index in [1.807, 2.05) is 12.1 Å². The molecule has 94 valence electrons. The second kappa shape index (κ2) is 6.05. The maximum Gasteiger partial charge on any atom is 0.208 e. The summed E-state index contributed by atoms with van der Waals surface area (Å²) in [5.41, 5.74) is 0.371. The standard InChI is InChI=1S/C13H11Cl2NO2/c14-11-3-1-2-9(6-11)8-18-13(15)12(17)10-4-5-16-7-10/h1-7,13,16H,8H2. The number of benzene rings is 1. The van der Waals surface area contributed by atoms with Crippen molar-refractivity contribution < 1.29 is 9.53 Å². The van der Waals surface area contributed by atoms with Crippen LogP contribution < -0.4 is 0 Å². The maximum atomic E-state index is 11.8. The predicted molar refractivity (Wildman–Crippen MR) is 71.0 cm³/mol. The first kappa shape index (κ1) is 13.1. The molecule has 1 heterocycles. The molecule has 1 atom stereocenters. The van der Waals surface area contributed by atoms with Gasteiger partial charge in [-0.25, -0.2) is 0 Å². The molecule has 2 aromatic rings. The van der Waals surface area contributed by atoms with E-state index in [0.717, 1.165) is 5.56 Å². The van der Waals surface area contributed by atoms with Crippen molar-refractivity contribution in [2.45, 2.75) is 12.2 Å². The zero-order chi connectivity index (χ0) is 13.0. The Kier molecular flexibility index (Phi) is 4.42. The monoisotopic (exact) mass is 283 g/mol. The summed E-state index contributed by atoms with van der Waals surface area (Å²) < 4.78 is 5.31. The number of aromatic nitrogens is 1. The molecule has 0 amide bonds. The minimum Gasteiger partial charge on any atom is -0.367 e. The zero-order valence-electron chi connectivity index (χ0n) is 9.40. The fraction of sp³-hybridized carbons (Fsp3) is 0.154. The summed E-state index contributed by atoms with van der Waals surface area (Å²) >= 11 is 11.7. The highest BCUT2D eigenvalue weighted by atomic mass is 35.5. The van der Waals surface area contributed by atoms with Crippen molar-refractivity contribution in [3.63, 3.8) is 0 Å².